The van der Waals surface area contributed by atoms with Gasteiger partial charge in [-0.25, -0.2) is 4.79 Å². The van der Waals surface area contributed by atoms with Gasteiger partial charge in [0.1, 0.15) is 0 Å². The van der Waals surface area contributed by atoms with E-state index in [2.05, 4.69) is 9.47 Å². The third-order valence-corrected chi connectivity index (χ3v) is 2.18. The van der Waals surface area contributed by atoms with Crippen molar-refractivity contribution in [2.24, 2.45) is 0 Å². The minimum absolute atomic E-state index is 0.441. The summed E-state index contributed by atoms with van der Waals surface area (Å²) in [5, 5.41) is 0.441. The third kappa shape index (κ3) is 2.79. The zero-order valence-electron chi connectivity index (χ0n) is 7.37. The number of ether oxygens (including phenoxy) is 2. The highest BCUT2D eigenvalue weighted by atomic mass is 35.5. The van der Waals surface area contributed by atoms with Gasteiger partial charge < -0.3 is 9.47 Å². The van der Waals surface area contributed by atoms with E-state index in [1.165, 1.54) is 7.11 Å². The van der Waals surface area contributed by atoms with Crippen LogP contribution in [0.3, 0.4) is 0 Å². The van der Waals surface area contributed by atoms with E-state index >= 15 is 0 Å². The maximum Gasteiger partial charge on any atom is 0.509 e. The molecule has 0 amide bonds. The summed E-state index contributed by atoms with van der Waals surface area (Å²) in [6.45, 7) is 0. The van der Waals surface area contributed by atoms with Gasteiger partial charge in [0.25, 0.3) is 0 Å². The smallest absolute Gasteiger partial charge is 0.438 e. The van der Waals surface area contributed by atoms with Gasteiger partial charge in [0.05, 0.1) is 7.11 Å². The first-order valence-electron chi connectivity index (χ1n) is 3.78. The van der Waals surface area contributed by atoms with Crippen molar-refractivity contribution >= 4 is 29.4 Å². The number of alkyl halides is 1. The van der Waals surface area contributed by atoms with E-state index < -0.39 is 11.7 Å². The summed E-state index contributed by atoms with van der Waals surface area (Å²) in [5.74, 6) is 0. The Labute approximate surface area is 91.5 Å². The maximum atomic E-state index is 10.7. The standard InChI is InChI=1S/C9H8Cl2O3/c1-13-9(12)14-8(11)6-4-2-3-5-7(6)10/h2-5,8H,1H3/t8-/m0/s1. The first-order chi connectivity index (χ1) is 6.65. The van der Waals surface area contributed by atoms with Crippen LogP contribution in [0, 0.1) is 0 Å². The van der Waals surface area contributed by atoms with Gasteiger partial charge in [0.15, 0.2) is 0 Å². The van der Waals surface area contributed by atoms with Gasteiger partial charge in [-0.1, -0.05) is 41.4 Å². The molecule has 0 aromatic heterocycles. The van der Waals surface area contributed by atoms with Crippen LogP contribution in [0.25, 0.3) is 0 Å². The summed E-state index contributed by atoms with van der Waals surface area (Å²) in [6.07, 6.45) is -0.843. The lowest BCUT2D eigenvalue weighted by Gasteiger charge is -2.11. The Bertz CT molecular complexity index is 328. The van der Waals surface area contributed by atoms with Crippen LogP contribution in [-0.2, 0) is 9.47 Å². The molecule has 0 aliphatic carbocycles. The van der Waals surface area contributed by atoms with E-state index in [0.29, 0.717) is 10.6 Å². The average Bonchev–Trinajstić information content (AvgIpc) is 2.18. The molecule has 0 aliphatic rings. The molecule has 1 rings (SSSR count). The Morgan fingerprint density at radius 1 is 1.43 bits per heavy atom. The fourth-order valence-electron chi connectivity index (χ4n) is 0.855. The minimum Gasteiger partial charge on any atom is -0.438 e. The molecule has 0 heterocycles. The van der Waals surface area contributed by atoms with Crippen LogP contribution >= 0.6 is 23.2 Å². The average molecular weight is 235 g/mol. The molecule has 0 aliphatic heterocycles. The second kappa shape index (κ2) is 5.08. The number of carbonyl (C=O) groups is 1. The maximum absolute atomic E-state index is 10.7. The summed E-state index contributed by atoms with van der Waals surface area (Å²) in [6, 6.07) is 6.83. The lowest BCUT2D eigenvalue weighted by Crippen LogP contribution is -2.07. The Morgan fingerprint density at radius 2 is 2.07 bits per heavy atom. The second-order valence-electron chi connectivity index (χ2n) is 2.41. The molecule has 0 bridgehead atoms. The molecule has 0 saturated heterocycles. The van der Waals surface area contributed by atoms with Gasteiger partial charge in [0.2, 0.25) is 5.56 Å². The molecule has 0 fully saturated rings. The van der Waals surface area contributed by atoms with Crippen molar-refractivity contribution in [1.29, 1.82) is 0 Å². The zero-order chi connectivity index (χ0) is 10.6. The van der Waals surface area contributed by atoms with Crippen molar-refractivity contribution in [1.82, 2.24) is 0 Å². The minimum atomic E-state index is -0.934. The van der Waals surface area contributed by atoms with Gasteiger partial charge in [-0.05, 0) is 6.07 Å². The molecule has 0 radical (unpaired) electrons. The summed E-state index contributed by atoms with van der Waals surface area (Å²) in [5.41, 5.74) is -0.405. The van der Waals surface area contributed by atoms with Gasteiger partial charge in [-0.15, -0.1) is 0 Å². The second-order valence-corrected chi connectivity index (χ2v) is 3.21. The quantitative estimate of drug-likeness (QED) is 0.582. The lowest BCUT2D eigenvalue weighted by molar-refractivity contribution is 0.0619. The SMILES string of the molecule is COC(=O)O[C@H](Cl)c1ccccc1Cl. The molecule has 0 spiro atoms. The predicted octanol–water partition coefficient (Wildman–Crippen LogP) is 3.36. The molecular weight excluding hydrogens is 227 g/mol. The van der Waals surface area contributed by atoms with E-state index in [9.17, 15) is 4.79 Å². The van der Waals surface area contributed by atoms with Crippen LogP contribution in [0.4, 0.5) is 4.79 Å². The van der Waals surface area contributed by atoms with E-state index in [1.54, 1.807) is 24.3 Å². The monoisotopic (exact) mass is 234 g/mol. The van der Waals surface area contributed by atoms with Crippen molar-refractivity contribution < 1.29 is 14.3 Å². The largest absolute Gasteiger partial charge is 0.509 e. The number of benzene rings is 1. The highest BCUT2D eigenvalue weighted by Crippen LogP contribution is 2.28. The number of methoxy groups -OCH3 is 1. The van der Waals surface area contributed by atoms with E-state index in [-0.39, 0.29) is 0 Å². The molecule has 1 atom stereocenters. The topological polar surface area (TPSA) is 35.5 Å². The molecule has 76 valence electrons. The molecule has 3 nitrogen and oxygen atoms in total. The molecule has 0 N–H and O–H groups in total. The Morgan fingerprint density at radius 3 is 2.64 bits per heavy atom. The molecule has 0 saturated carbocycles. The van der Waals surface area contributed by atoms with Gasteiger partial charge in [0, 0.05) is 10.6 Å². The van der Waals surface area contributed by atoms with Crippen LogP contribution in [0.2, 0.25) is 5.02 Å². The molecular formula is C9H8Cl2O3. The van der Waals surface area contributed by atoms with E-state index in [4.69, 9.17) is 23.2 Å². The van der Waals surface area contributed by atoms with Gasteiger partial charge in [-0.2, -0.15) is 0 Å². The fraction of sp³-hybridized carbons (Fsp3) is 0.222. The van der Waals surface area contributed by atoms with Crippen LogP contribution in [0.1, 0.15) is 11.1 Å². The number of hydrogen-bond acceptors (Lipinski definition) is 3. The van der Waals surface area contributed by atoms with Crippen LogP contribution in [0.15, 0.2) is 24.3 Å². The van der Waals surface area contributed by atoms with Crippen LogP contribution < -0.4 is 0 Å². The number of rotatable bonds is 2. The number of carbonyl (C=O) groups excluding carboxylic acids is 1. The molecule has 5 heteroatoms. The molecule has 1 aromatic carbocycles. The summed E-state index contributed by atoms with van der Waals surface area (Å²) in [4.78, 5) is 10.7. The van der Waals surface area contributed by atoms with Crippen LogP contribution in [-0.4, -0.2) is 13.3 Å². The van der Waals surface area contributed by atoms with Crippen molar-refractivity contribution in [2.45, 2.75) is 5.56 Å². The predicted molar refractivity (Wildman–Crippen MR) is 53.5 cm³/mol. The first kappa shape index (κ1) is 11.1. The Hall–Kier alpha value is -0.930. The van der Waals surface area contributed by atoms with E-state index in [1.807, 2.05) is 0 Å². The van der Waals surface area contributed by atoms with Gasteiger partial charge in [-0.3, -0.25) is 0 Å². The summed E-state index contributed by atoms with van der Waals surface area (Å²) >= 11 is 11.6. The van der Waals surface area contributed by atoms with Crippen molar-refractivity contribution in [3.8, 4) is 0 Å². The van der Waals surface area contributed by atoms with Crippen LogP contribution in [0.5, 0.6) is 0 Å². The Balaban J connectivity index is 2.74. The highest BCUT2D eigenvalue weighted by molar-refractivity contribution is 6.32. The summed E-state index contributed by atoms with van der Waals surface area (Å²) in [7, 11) is 1.21. The fourth-order valence-corrected chi connectivity index (χ4v) is 1.41. The van der Waals surface area contributed by atoms with Crippen molar-refractivity contribution in [3.63, 3.8) is 0 Å². The zero-order valence-corrected chi connectivity index (χ0v) is 8.88. The first-order valence-corrected chi connectivity index (χ1v) is 4.59. The molecule has 14 heavy (non-hydrogen) atoms. The van der Waals surface area contributed by atoms with Crippen molar-refractivity contribution in [3.05, 3.63) is 34.9 Å². The molecule has 0 unspecified atom stereocenters. The lowest BCUT2D eigenvalue weighted by atomic mass is 10.2. The number of halogens is 2. The highest BCUT2D eigenvalue weighted by Gasteiger charge is 2.16. The molecule has 1 aromatic rings. The van der Waals surface area contributed by atoms with Gasteiger partial charge >= 0.3 is 6.16 Å². The summed E-state index contributed by atoms with van der Waals surface area (Å²) < 4.78 is 8.98. The number of hydrogen-bond donors (Lipinski definition) is 0. The third-order valence-electron chi connectivity index (χ3n) is 1.52. The Kier molecular flexibility index (Phi) is 4.04. The van der Waals surface area contributed by atoms with Crippen molar-refractivity contribution in [2.75, 3.05) is 7.11 Å². The van der Waals surface area contributed by atoms with E-state index in [0.717, 1.165) is 0 Å². The normalized spacial score (nSPS) is 11.9.